The zero-order valence-corrected chi connectivity index (χ0v) is 25.0. The third kappa shape index (κ3) is 3.78. The van der Waals surface area contributed by atoms with Crippen LogP contribution in [-0.2, 0) is 5.41 Å². The van der Waals surface area contributed by atoms with Gasteiger partial charge in [-0.25, -0.2) is 0 Å². The summed E-state index contributed by atoms with van der Waals surface area (Å²) in [5.74, 6) is 0. The Morgan fingerprint density at radius 3 is 1.84 bits per heavy atom. The van der Waals surface area contributed by atoms with Gasteiger partial charge in [0.05, 0.1) is 34.3 Å². The van der Waals surface area contributed by atoms with Crippen molar-refractivity contribution in [3.8, 4) is 16.8 Å². The number of fused-ring (bicyclic) bond motifs is 5. The molecule has 0 amide bonds. The average molecular weight is 556 g/mol. The van der Waals surface area contributed by atoms with E-state index in [1.54, 1.807) is 0 Å². The molecule has 3 heteroatoms. The molecule has 0 unspecified atom stereocenters. The Morgan fingerprint density at radius 1 is 0.581 bits per heavy atom. The molecule has 0 radical (unpaired) electrons. The number of hydrogen-bond acceptors (Lipinski definition) is 2. The van der Waals surface area contributed by atoms with E-state index in [1.165, 1.54) is 72.4 Å². The highest BCUT2D eigenvalue weighted by molar-refractivity contribution is 6.09. The van der Waals surface area contributed by atoms with Gasteiger partial charge in [-0.05, 0) is 95.8 Å². The topological polar surface area (TPSA) is 21.1 Å². The predicted octanol–water partition coefficient (Wildman–Crippen LogP) is 10.6. The van der Waals surface area contributed by atoms with Crippen LogP contribution in [0.1, 0.15) is 36.1 Å². The van der Waals surface area contributed by atoms with Crippen LogP contribution in [0.3, 0.4) is 0 Å². The molecule has 0 saturated heterocycles. The van der Waals surface area contributed by atoms with Crippen molar-refractivity contribution in [1.29, 1.82) is 0 Å². The van der Waals surface area contributed by atoms with Crippen LogP contribution in [0.2, 0.25) is 0 Å². The van der Waals surface area contributed by atoms with E-state index in [0.717, 1.165) is 5.52 Å². The van der Waals surface area contributed by atoms with Crippen molar-refractivity contribution in [3.05, 3.63) is 150 Å². The maximum atomic E-state index is 4.48. The molecule has 0 spiro atoms. The summed E-state index contributed by atoms with van der Waals surface area (Å²) in [6.07, 6.45) is 3.87. The maximum absolute atomic E-state index is 4.48. The molecule has 3 nitrogen and oxygen atoms in total. The van der Waals surface area contributed by atoms with Crippen molar-refractivity contribution in [3.63, 3.8) is 0 Å². The highest BCUT2D eigenvalue weighted by Gasteiger charge is 2.36. The fraction of sp³-hybridized carbons (Fsp3) is 0.125. The standard InChI is InChI=1S/C40H33N3/c1-26-23-29(24-27(2)39(26)43-35-14-8-5-11-31(35)32-21-22-41-25-38(32)43)28-17-19-30(20-18-28)42-36-15-9-6-12-33(36)40(3,4)34-13-7-10-16-37(34)42/h5-25H,1-4H3. The lowest BCUT2D eigenvalue weighted by molar-refractivity contribution is 0.632. The van der Waals surface area contributed by atoms with Gasteiger partial charge in [-0.15, -0.1) is 0 Å². The lowest BCUT2D eigenvalue weighted by Crippen LogP contribution is -2.30. The monoisotopic (exact) mass is 555 g/mol. The number of anilines is 3. The first-order valence-corrected chi connectivity index (χ1v) is 15.0. The molecule has 1 aliphatic heterocycles. The zero-order valence-electron chi connectivity index (χ0n) is 25.0. The number of aryl methyl sites for hydroxylation is 2. The molecule has 0 fully saturated rings. The van der Waals surface area contributed by atoms with Crippen LogP contribution in [0.5, 0.6) is 0 Å². The highest BCUT2D eigenvalue weighted by Crippen LogP contribution is 2.51. The largest absolute Gasteiger partial charge is 0.310 e. The van der Waals surface area contributed by atoms with Gasteiger partial charge in [-0.1, -0.05) is 80.6 Å². The fourth-order valence-corrected chi connectivity index (χ4v) is 7.28. The van der Waals surface area contributed by atoms with Crippen LogP contribution in [-0.4, -0.2) is 9.55 Å². The molecule has 208 valence electrons. The number of pyridine rings is 1. The molecule has 5 aromatic carbocycles. The quantitative estimate of drug-likeness (QED) is 0.216. The van der Waals surface area contributed by atoms with Crippen molar-refractivity contribution in [1.82, 2.24) is 9.55 Å². The minimum atomic E-state index is -0.0626. The van der Waals surface area contributed by atoms with Crippen LogP contribution in [0, 0.1) is 13.8 Å². The Morgan fingerprint density at radius 2 is 1.16 bits per heavy atom. The van der Waals surface area contributed by atoms with E-state index in [0.29, 0.717) is 0 Å². The lowest BCUT2D eigenvalue weighted by atomic mass is 9.73. The van der Waals surface area contributed by atoms with E-state index < -0.39 is 0 Å². The number of nitrogens with zero attached hydrogens (tertiary/aromatic N) is 3. The van der Waals surface area contributed by atoms with Crippen molar-refractivity contribution in [2.75, 3.05) is 4.90 Å². The summed E-state index contributed by atoms with van der Waals surface area (Å²) in [7, 11) is 0. The van der Waals surface area contributed by atoms with Crippen molar-refractivity contribution >= 4 is 38.9 Å². The summed E-state index contributed by atoms with van der Waals surface area (Å²) in [4.78, 5) is 6.89. The van der Waals surface area contributed by atoms with Gasteiger partial charge in [-0.3, -0.25) is 4.98 Å². The van der Waals surface area contributed by atoms with Gasteiger partial charge in [0.1, 0.15) is 0 Å². The smallest absolute Gasteiger partial charge is 0.0724 e. The van der Waals surface area contributed by atoms with E-state index in [4.69, 9.17) is 0 Å². The van der Waals surface area contributed by atoms with Gasteiger partial charge >= 0.3 is 0 Å². The van der Waals surface area contributed by atoms with E-state index >= 15 is 0 Å². The second-order valence-electron chi connectivity index (χ2n) is 12.2. The molecule has 0 atom stereocenters. The zero-order chi connectivity index (χ0) is 29.3. The second kappa shape index (κ2) is 9.43. The molecule has 2 aromatic heterocycles. The molecule has 0 aliphatic carbocycles. The Kier molecular flexibility index (Phi) is 5.61. The summed E-state index contributed by atoms with van der Waals surface area (Å²) in [6.45, 7) is 9.10. The number of aromatic nitrogens is 2. The number of rotatable bonds is 3. The van der Waals surface area contributed by atoms with Gasteiger partial charge in [0.15, 0.2) is 0 Å². The summed E-state index contributed by atoms with van der Waals surface area (Å²) in [5.41, 5.74) is 14.8. The van der Waals surface area contributed by atoms with Crippen LogP contribution >= 0.6 is 0 Å². The Balaban J connectivity index is 1.22. The van der Waals surface area contributed by atoms with Gasteiger partial charge in [0.25, 0.3) is 0 Å². The number of benzene rings is 5. The first kappa shape index (κ1) is 25.6. The maximum Gasteiger partial charge on any atom is 0.0724 e. The molecule has 8 rings (SSSR count). The van der Waals surface area contributed by atoms with E-state index in [1.807, 2.05) is 12.4 Å². The molecule has 1 aliphatic rings. The first-order valence-electron chi connectivity index (χ1n) is 15.0. The van der Waals surface area contributed by atoms with Crippen molar-refractivity contribution < 1.29 is 0 Å². The molecular formula is C40H33N3. The third-order valence-corrected chi connectivity index (χ3v) is 9.29. The summed E-state index contributed by atoms with van der Waals surface area (Å²) < 4.78 is 2.38. The number of hydrogen-bond donors (Lipinski definition) is 0. The van der Waals surface area contributed by atoms with Gasteiger partial charge in [0.2, 0.25) is 0 Å². The molecular weight excluding hydrogens is 522 g/mol. The predicted molar refractivity (Wildman–Crippen MR) is 180 cm³/mol. The minimum Gasteiger partial charge on any atom is -0.310 e. The first-order chi connectivity index (χ1) is 20.9. The summed E-state index contributed by atoms with van der Waals surface area (Å²) in [6, 6.07) is 42.1. The normalized spacial score (nSPS) is 13.7. The minimum absolute atomic E-state index is 0.0626. The van der Waals surface area contributed by atoms with Crippen LogP contribution < -0.4 is 4.90 Å². The third-order valence-electron chi connectivity index (χ3n) is 9.29. The van der Waals surface area contributed by atoms with Gasteiger partial charge in [-0.2, -0.15) is 0 Å². The molecule has 7 aromatic rings. The molecule has 0 bridgehead atoms. The Hall–Kier alpha value is -5.15. The molecule has 43 heavy (non-hydrogen) atoms. The average Bonchev–Trinajstić information content (AvgIpc) is 3.35. The SMILES string of the molecule is Cc1cc(-c2ccc(N3c4ccccc4C(C)(C)c4ccccc43)cc2)cc(C)c1-n1c2ccccc2c2ccncc21. The lowest BCUT2D eigenvalue weighted by Gasteiger charge is -2.42. The van der Waals surface area contributed by atoms with Gasteiger partial charge in [0, 0.05) is 28.1 Å². The Labute approximate surface area is 252 Å². The van der Waals surface area contributed by atoms with E-state index in [9.17, 15) is 0 Å². The fourth-order valence-electron chi connectivity index (χ4n) is 7.28. The van der Waals surface area contributed by atoms with Crippen molar-refractivity contribution in [2.45, 2.75) is 33.1 Å². The summed E-state index contributed by atoms with van der Waals surface area (Å²) in [5, 5.41) is 2.48. The molecule has 3 heterocycles. The Bertz CT molecular complexity index is 2060. The van der Waals surface area contributed by atoms with Crippen LogP contribution in [0.15, 0.2) is 128 Å². The van der Waals surface area contributed by atoms with Gasteiger partial charge < -0.3 is 9.47 Å². The molecule has 0 N–H and O–H groups in total. The molecule has 0 saturated carbocycles. The van der Waals surface area contributed by atoms with Crippen LogP contribution in [0.25, 0.3) is 38.6 Å². The summed E-state index contributed by atoms with van der Waals surface area (Å²) >= 11 is 0. The highest BCUT2D eigenvalue weighted by atomic mass is 15.2. The second-order valence-corrected chi connectivity index (χ2v) is 12.2. The van der Waals surface area contributed by atoms with E-state index in [2.05, 4.69) is 157 Å². The van der Waals surface area contributed by atoms with Crippen molar-refractivity contribution in [2.24, 2.45) is 0 Å². The van der Waals surface area contributed by atoms with E-state index in [-0.39, 0.29) is 5.41 Å². The van der Waals surface area contributed by atoms with Crippen LogP contribution in [0.4, 0.5) is 17.1 Å². The number of para-hydroxylation sites is 3.